The lowest BCUT2D eigenvalue weighted by Gasteiger charge is -2.27. The minimum atomic E-state index is -0.585. The molecule has 1 aromatic rings. The molecule has 2 rings (SSSR count). The summed E-state index contributed by atoms with van der Waals surface area (Å²) in [6.07, 6.45) is 0. The normalized spacial score (nSPS) is 16.3. The predicted octanol–water partition coefficient (Wildman–Crippen LogP) is 0.987. The molecule has 0 amide bonds. The molecular weight excluding hydrogens is 184 g/mol. The van der Waals surface area contributed by atoms with Crippen molar-refractivity contribution in [1.82, 2.24) is 5.32 Å². The molecule has 74 valence electrons. The first-order valence-corrected chi connectivity index (χ1v) is 4.36. The van der Waals surface area contributed by atoms with Gasteiger partial charge in [0, 0.05) is 25.1 Å². The van der Waals surface area contributed by atoms with Crippen LogP contribution in [0.4, 0.5) is 5.69 Å². The van der Waals surface area contributed by atoms with E-state index in [-0.39, 0.29) is 11.4 Å². The fourth-order valence-electron chi connectivity index (χ4n) is 1.47. The van der Waals surface area contributed by atoms with Gasteiger partial charge in [-0.1, -0.05) is 6.07 Å². The minimum Gasteiger partial charge on any atom is -0.502 e. The molecular formula is C9H10N2O3. The van der Waals surface area contributed by atoms with Crippen LogP contribution < -0.4 is 5.32 Å². The first-order valence-electron chi connectivity index (χ1n) is 4.36. The summed E-state index contributed by atoms with van der Waals surface area (Å²) in [5, 5.41) is 22.9. The number of hydrogen-bond acceptors (Lipinski definition) is 4. The van der Waals surface area contributed by atoms with Gasteiger partial charge in [0.25, 0.3) is 0 Å². The topological polar surface area (TPSA) is 75.4 Å². The van der Waals surface area contributed by atoms with Gasteiger partial charge >= 0.3 is 5.69 Å². The van der Waals surface area contributed by atoms with Crippen LogP contribution >= 0.6 is 0 Å². The highest BCUT2D eigenvalue weighted by Gasteiger charge is 2.21. The van der Waals surface area contributed by atoms with E-state index in [1.165, 1.54) is 12.1 Å². The van der Waals surface area contributed by atoms with Crippen molar-refractivity contribution < 1.29 is 10.0 Å². The monoisotopic (exact) mass is 194 g/mol. The summed E-state index contributed by atoms with van der Waals surface area (Å²) >= 11 is 0. The summed E-state index contributed by atoms with van der Waals surface area (Å²) in [6, 6.07) is 4.52. The molecule has 2 N–H and O–H groups in total. The van der Waals surface area contributed by atoms with E-state index in [0.29, 0.717) is 5.92 Å². The fourth-order valence-corrected chi connectivity index (χ4v) is 1.47. The third-order valence-corrected chi connectivity index (χ3v) is 2.45. The van der Waals surface area contributed by atoms with Crippen LogP contribution in [-0.4, -0.2) is 23.1 Å². The average molecular weight is 194 g/mol. The SMILES string of the molecule is O=[N+]([O-])c1ccc(C2CNC2)cc1O. The standard InChI is InChI=1S/C9H10N2O3/c12-9-3-6(7-4-10-5-7)1-2-8(9)11(13)14/h1-3,7,10,12H,4-5H2. The van der Waals surface area contributed by atoms with Crippen LogP contribution in [0.1, 0.15) is 11.5 Å². The molecule has 1 heterocycles. The number of nitrogens with zero attached hydrogens (tertiary/aromatic N) is 1. The smallest absolute Gasteiger partial charge is 0.310 e. The molecule has 1 fully saturated rings. The molecule has 1 aliphatic heterocycles. The van der Waals surface area contributed by atoms with E-state index in [9.17, 15) is 15.2 Å². The Morgan fingerprint density at radius 3 is 2.64 bits per heavy atom. The molecule has 5 nitrogen and oxygen atoms in total. The Kier molecular flexibility index (Phi) is 2.09. The lowest BCUT2D eigenvalue weighted by Crippen LogP contribution is -2.39. The molecule has 0 radical (unpaired) electrons. The van der Waals surface area contributed by atoms with E-state index in [2.05, 4.69) is 5.32 Å². The number of phenols is 1. The van der Waals surface area contributed by atoms with Crippen molar-refractivity contribution in [2.24, 2.45) is 0 Å². The second-order valence-corrected chi connectivity index (χ2v) is 3.36. The third kappa shape index (κ3) is 1.42. The van der Waals surface area contributed by atoms with Crippen LogP contribution in [0.3, 0.4) is 0 Å². The highest BCUT2D eigenvalue weighted by Crippen LogP contribution is 2.30. The number of benzene rings is 1. The molecule has 0 bridgehead atoms. The first-order chi connectivity index (χ1) is 6.68. The van der Waals surface area contributed by atoms with Crippen molar-refractivity contribution in [3.63, 3.8) is 0 Å². The quantitative estimate of drug-likeness (QED) is 0.543. The molecule has 1 aromatic carbocycles. The molecule has 0 aliphatic carbocycles. The fraction of sp³-hybridized carbons (Fsp3) is 0.333. The van der Waals surface area contributed by atoms with E-state index in [0.717, 1.165) is 18.7 Å². The zero-order chi connectivity index (χ0) is 10.1. The van der Waals surface area contributed by atoms with Gasteiger partial charge in [-0.25, -0.2) is 0 Å². The molecule has 0 aromatic heterocycles. The molecule has 0 atom stereocenters. The van der Waals surface area contributed by atoms with Crippen molar-refractivity contribution in [1.29, 1.82) is 0 Å². The average Bonchev–Trinajstić information content (AvgIpc) is 2.00. The van der Waals surface area contributed by atoms with Crippen molar-refractivity contribution >= 4 is 5.69 Å². The van der Waals surface area contributed by atoms with Crippen molar-refractivity contribution in [3.8, 4) is 5.75 Å². The summed E-state index contributed by atoms with van der Waals surface area (Å²) in [5.74, 6) is 0.126. The number of nitro benzene ring substituents is 1. The minimum absolute atomic E-state index is 0.235. The van der Waals surface area contributed by atoms with Gasteiger partial charge in [-0.2, -0.15) is 0 Å². The van der Waals surface area contributed by atoms with Gasteiger partial charge in [-0.3, -0.25) is 10.1 Å². The molecule has 5 heteroatoms. The Morgan fingerprint density at radius 2 is 2.21 bits per heavy atom. The van der Waals surface area contributed by atoms with Gasteiger partial charge in [0.15, 0.2) is 5.75 Å². The van der Waals surface area contributed by atoms with E-state index in [1.54, 1.807) is 6.07 Å². The number of nitro groups is 1. The highest BCUT2D eigenvalue weighted by molar-refractivity contribution is 5.48. The van der Waals surface area contributed by atoms with E-state index in [1.807, 2.05) is 0 Å². The lowest BCUT2D eigenvalue weighted by atomic mass is 9.93. The number of hydrogen-bond donors (Lipinski definition) is 2. The van der Waals surface area contributed by atoms with E-state index in [4.69, 9.17) is 0 Å². The summed E-state index contributed by atoms with van der Waals surface area (Å²) in [5.41, 5.74) is 0.716. The molecule has 1 aliphatic rings. The summed E-state index contributed by atoms with van der Waals surface area (Å²) in [6.45, 7) is 1.74. The molecule has 0 unspecified atom stereocenters. The number of phenolic OH excluding ortho intramolecular Hbond substituents is 1. The largest absolute Gasteiger partial charge is 0.502 e. The molecule has 0 saturated carbocycles. The van der Waals surface area contributed by atoms with Gasteiger partial charge in [-0.05, 0) is 11.6 Å². The van der Waals surface area contributed by atoms with Gasteiger partial charge in [-0.15, -0.1) is 0 Å². The number of rotatable bonds is 2. The maximum Gasteiger partial charge on any atom is 0.310 e. The Hall–Kier alpha value is -1.62. The highest BCUT2D eigenvalue weighted by atomic mass is 16.6. The zero-order valence-corrected chi connectivity index (χ0v) is 7.43. The van der Waals surface area contributed by atoms with Crippen LogP contribution in [0.5, 0.6) is 5.75 Å². The molecule has 14 heavy (non-hydrogen) atoms. The van der Waals surface area contributed by atoms with Crippen LogP contribution in [-0.2, 0) is 0 Å². The second kappa shape index (κ2) is 3.26. The van der Waals surface area contributed by atoms with Crippen molar-refractivity contribution in [2.75, 3.05) is 13.1 Å². The van der Waals surface area contributed by atoms with Gasteiger partial charge in [0.2, 0.25) is 0 Å². The van der Waals surface area contributed by atoms with Crippen molar-refractivity contribution in [2.45, 2.75) is 5.92 Å². The predicted molar refractivity (Wildman–Crippen MR) is 50.4 cm³/mol. The molecule has 0 spiro atoms. The second-order valence-electron chi connectivity index (χ2n) is 3.36. The Balaban J connectivity index is 2.30. The van der Waals surface area contributed by atoms with Crippen LogP contribution in [0.25, 0.3) is 0 Å². The maximum atomic E-state index is 10.4. The van der Waals surface area contributed by atoms with Crippen LogP contribution in [0.2, 0.25) is 0 Å². The lowest BCUT2D eigenvalue weighted by molar-refractivity contribution is -0.385. The van der Waals surface area contributed by atoms with Gasteiger partial charge in [0.1, 0.15) is 0 Å². The molecule has 1 saturated heterocycles. The summed E-state index contributed by atoms with van der Waals surface area (Å²) < 4.78 is 0. The maximum absolute atomic E-state index is 10.4. The summed E-state index contributed by atoms with van der Waals surface area (Å²) in [4.78, 5) is 9.83. The Bertz CT molecular complexity index is 374. The van der Waals surface area contributed by atoms with Gasteiger partial charge in [0.05, 0.1) is 4.92 Å². The number of nitrogens with one attached hydrogen (secondary N) is 1. The third-order valence-electron chi connectivity index (χ3n) is 2.45. The first kappa shape index (κ1) is 8.96. The zero-order valence-electron chi connectivity index (χ0n) is 7.43. The van der Waals surface area contributed by atoms with Crippen LogP contribution in [0.15, 0.2) is 18.2 Å². The Morgan fingerprint density at radius 1 is 1.50 bits per heavy atom. The van der Waals surface area contributed by atoms with Crippen molar-refractivity contribution in [3.05, 3.63) is 33.9 Å². The van der Waals surface area contributed by atoms with E-state index < -0.39 is 4.92 Å². The number of aromatic hydroxyl groups is 1. The van der Waals surface area contributed by atoms with E-state index >= 15 is 0 Å². The Labute approximate surface area is 80.5 Å². The van der Waals surface area contributed by atoms with Gasteiger partial charge < -0.3 is 10.4 Å². The summed E-state index contributed by atoms with van der Waals surface area (Å²) in [7, 11) is 0. The van der Waals surface area contributed by atoms with Crippen LogP contribution in [0, 0.1) is 10.1 Å².